The molecule has 0 aliphatic rings. The number of nitrogens with two attached hydrogens (primary N) is 1. The zero-order valence-electron chi connectivity index (χ0n) is 19.1. The van der Waals surface area contributed by atoms with E-state index in [-0.39, 0.29) is 0 Å². The fourth-order valence-electron chi connectivity index (χ4n) is 3.08. The van der Waals surface area contributed by atoms with Crippen molar-refractivity contribution in [2.24, 2.45) is 5.73 Å². The van der Waals surface area contributed by atoms with E-state index in [1.165, 1.54) is 11.3 Å². The van der Waals surface area contributed by atoms with E-state index in [1.807, 2.05) is 72.8 Å². The zero-order chi connectivity index (χ0) is 25.8. The van der Waals surface area contributed by atoms with Crippen LogP contribution in [0.25, 0.3) is 10.6 Å². The number of benzene rings is 3. The molecule has 4 N–H and O–H groups in total. The third kappa shape index (κ3) is 7.38. The van der Waals surface area contributed by atoms with Gasteiger partial charge in [-0.2, -0.15) is 0 Å². The molecule has 0 spiro atoms. The predicted octanol–water partition coefficient (Wildman–Crippen LogP) is 5.87. The first-order valence-electron chi connectivity index (χ1n) is 10.7. The van der Waals surface area contributed by atoms with Crippen LogP contribution in [-0.2, 0) is 21.2 Å². The van der Waals surface area contributed by atoms with Gasteiger partial charge in [0, 0.05) is 15.4 Å². The molecule has 3 aromatic carbocycles. The number of nitrogens with zero attached hydrogens (tertiary/aromatic N) is 2. The lowest BCUT2D eigenvalue weighted by atomic mass is 10.1. The fourth-order valence-corrected chi connectivity index (χ4v) is 5.74. The Bertz CT molecular complexity index is 1380. The van der Waals surface area contributed by atoms with Gasteiger partial charge < -0.3 is 20.3 Å². The quantitative estimate of drug-likeness (QED) is 0.203. The second-order valence-corrected chi connectivity index (χ2v) is 11.9. The molecule has 0 fully saturated rings. The van der Waals surface area contributed by atoms with Gasteiger partial charge in [-0.05, 0) is 48.9 Å². The first-order valence-corrected chi connectivity index (χ1v) is 14.2. The lowest BCUT2D eigenvalue weighted by molar-refractivity contribution is 0.158. The fraction of sp³-hybridized carbons (Fsp3) is 0.167. The summed E-state index contributed by atoms with van der Waals surface area (Å²) in [4.78, 5) is 19.8. The minimum absolute atomic E-state index is 0.368. The van der Waals surface area contributed by atoms with Crippen molar-refractivity contribution in [2.45, 2.75) is 28.9 Å². The maximum absolute atomic E-state index is 11.0. The summed E-state index contributed by atoms with van der Waals surface area (Å²) in [6.45, 7) is 1.64. The number of ether oxygens (including phenoxy) is 1. The Hall–Kier alpha value is -2.27. The van der Waals surface area contributed by atoms with Crippen LogP contribution in [0.15, 0.2) is 82.6 Å². The zero-order valence-corrected chi connectivity index (χ0v) is 22.4. The van der Waals surface area contributed by atoms with Gasteiger partial charge in [0.25, 0.3) is 0 Å². The normalized spacial score (nSPS) is 13.4. The van der Waals surface area contributed by atoms with Gasteiger partial charge in [0.05, 0.1) is 17.2 Å². The van der Waals surface area contributed by atoms with Gasteiger partial charge in [-0.1, -0.05) is 71.1 Å². The van der Waals surface area contributed by atoms with E-state index in [0.29, 0.717) is 27.2 Å². The molecule has 4 aromatic rings. The molecule has 36 heavy (non-hydrogen) atoms. The van der Waals surface area contributed by atoms with Crippen LogP contribution in [0.5, 0.6) is 5.75 Å². The van der Waals surface area contributed by atoms with Crippen molar-refractivity contribution in [3.63, 3.8) is 0 Å². The predicted molar refractivity (Wildman–Crippen MR) is 141 cm³/mol. The van der Waals surface area contributed by atoms with E-state index >= 15 is 0 Å². The van der Waals surface area contributed by atoms with Crippen molar-refractivity contribution in [3.05, 3.63) is 88.4 Å². The lowest BCUT2D eigenvalue weighted by Crippen LogP contribution is -2.37. The first kappa shape index (κ1) is 26.8. The average Bonchev–Trinajstić information content (AvgIpc) is 3.33. The monoisotopic (exact) mass is 563 g/mol. The van der Waals surface area contributed by atoms with Crippen LogP contribution in [-0.4, -0.2) is 26.6 Å². The van der Waals surface area contributed by atoms with Crippen molar-refractivity contribution in [1.82, 2.24) is 10.2 Å². The van der Waals surface area contributed by atoms with Crippen LogP contribution in [0.3, 0.4) is 0 Å². The molecule has 0 aliphatic carbocycles. The van der Waals surface area contributed by atoms with Gasteiger partial charge in [0.1, 0.15) is 22.4 Å². The third-order valence-corrected chi connectivity index (χ3v) is 7.90. The standard InChI is InChI=1S/C24H23ClN3O5PS2/c1-24(26,15-33-34(29,30)31)23-28-27-22(36-23)20-11-10-19(13-21(20)25)35-18-9-5-8-17(12-18)32-14-16-6-3-2-4-7-16/h2-13H,14-15,26H2,1H3,(H2,29,30,31). The summed E-state index contributed by atoms with van der Waals surface area (Å²) < 4.78 is 21.5. The topological polar surface area (TPSA) is 128 Å². The highest BCUT2D eigenvalue weighted by Crippen LogP contribution is 2.40. The Morgan fingerprint density at radius 3 is 2.53 bits per heavy atom. The number of hydrogen-bond acceptors (Lipinski definition) is 8. The van der Waals surface area contributed by atoms with Crippen molar-refractivity contribution in [2.75, 3.05) is 6.61 Å². The summed E-state index contributed by atoms with van der Waals surface area (Å²) in [5, 5.41) is 9.63. The number of phosphoric ester groups is 1. The molecule has 0 aliphatic heterocycles. The molecule has 8 nitrogen and oxygen atoms in total. The number of aromatic nitrogens is 2. The van der Waals surface area contributed by atoms with Crippen molar-refractivity contribution in [1.29, 1.82) is 0 Å². The molecule has 0 saturated heterocycles. The minimum atomic E-state index is -4.65. The van der Waals surface area contributed by atoms with Crippen LogP contribution in [0, 0.1) is 0 Å². The largest absolute Gasteiger partial charge is 0.489 e. The van der Waals surface area contributed by atoms with E-state index in [0.717, 1.165) is 21.1 Å². The molecule has 188 valence electrons. The molecule has 1 aromatic heterocycles. The summed E-state index contributed by atoms with van der Waals surface area (Å²) in [5.74, 6) is 0.778. The second-order valence-electron chi connectivity index (χ2n) is 8.09. The maximum Gasteiger partial charge on any atom is 0.469 e. The Morgan fingerprint density at radius 2 is 1.81 bits per heavy atom. The van der Waals surface area contributed by atoms with Crippen molar-refractivity contribution in [3.8, 4) is 16.3 Å². The van der Waals surface area contributed by atoms with Crippen LogP contribution < -0.4 is 10.5 Å². The first-order chi connectivity index (χ1) is 17.1. The van der Waals surface area contributed by atoms with Crippen molar-refractivity contribution >= 4 is 42.5 Å². The Morgan fingerprint density at radius 1 is 1.06 bits per heavy atom. The van der Waals surface area contributed by atoms with Gasteiger partial charge >= 0.3 is 7.82 Å². The van der Waals surface area contributed by atoms with Crippen LogP contribution >= 0.6 is 42.5 Å². The molecular weight excluding hydrogens is 541 g/mol. The Kier molecular flexibility index (Phi) is 8.49. The molecule has 4 rings (SSSR count). The molecule has 1 atom stereocenters. The summed E-state index contributed by atoms with van der Waals surface area (Å²) in [6, 6.07) is 23.5. The molecule has 0 amide bonds. The highest BCUT2D eigenvalue weighted by Gasteiger charge is 2.30. The second kappa shape index (κ2) is 11.4. The van der Waals surface area contributed by atoms with Gasteiger partial charge in [-0.3, -0.25) is 4.52 Å². The highest BCUT2D eigenvalue weighted by molar-refractivity contribution is 7.99. The SMILES string of the molecule is CC(N)(COP(=O)(O)O)c1nnc(-c2ccc(Sc3cccc(OCc4ccccc4)c3)cc2Cl)s1. The maximum atomic E-state index is 11.0. The van der Waals surface area contributed by atoms with E-state index in [2.05, 4.69) is 14.7 Å². The number of phosphoric acid groups is 1. The Balaban J connectivity index is 1.43. The summed E-state index contributed by atoms with van der Waals surface area (Å²) in [5.41, 5.74) is 6.69. The van der Waals surface area contributed by atoms with Crippen LogP contribution in [0.4, 0.5) is 0 Å². The lowest BCUT2D eigenvalue weighted by Gasteiger charge is -2.21. The van der Waals surface area contributed by atoms with E-state index < -0.39 is 20.0 Å². The summed E-state index contributed by atoms with van der Waals surface area (Å²) >= 11 is 9.30. The number of hydrogen-bond donors (Lipinski definition) is 3. The van der Waals surface area contributed by atoms with Gasteiger partial charge in [-0.15, -0.1) is 10.2 Å². The molecule has 12 heteroatoms. The highest BCUT2D eigenvalue weighted by atomic mass is 35.5. The summed E-state index contributed by atoms with van der Waals surface area (Å²) in [6.07, 6.45) is 0. The van der Waals surface area contributed by atoms with E-state index in [4.69, 9.17) is 31.9 Å². The molecule has 0 saturated carbocycles. The average molecular weight is 564 g/mol. The van der Waals surface area contributed by atoms with Gasteiger partial charge in [0.2, 0.25) is 0 Å². The summed E-state index contributed by atoms with van der Waals surface area (Å²) in [7, 11) is -4.65. The Labute approximate surface area is 221 Å². The molecule has 0 bridgehead atoms. The minimum Gasteiger partial charge on any atom is -0.489 e. The molecular formula is C24H23ClN3O5PS2. The van der Waals surface area contributed by atoms with Crippen molar-refractivity contribution < 1.29 is 23.6 Å². The number of rotatable bonds is 10. The van der Waals surface area contributed by atoms with E-state index in [9.17, 15) is 4.57 Å². The number of halogens is 1. The molecule has 0 radical (unpaired) electrons. The molecule has 1 heterocycles. The third-order valence-electron chi connectivity index (χ3n) is 4.91. The van der Waals surface area contributed by atoms with Gasteiger partial charge in [-0.25, -0.2) is 4.57 Å². The van der Waals surface area contributed by atoms with E-state index in [1.54, 1.807) is 18.7 Å². The van der Waals surface area contributed by atoms with Crippen LogP contribution in [0.1, 0.15) is 17.5 Å². The van der Waals surface area contributed by atoms with Gasteiger partial charge in [0.15, 0.2) is 0 Å². The smallest absolute Gasteiger partial charge is 0.469 e. The van der Waals surface area contributed by atoms with Crippen LogP contribution in [0.2, 0.25) is 5.02 Å². The molecule has 1 unspecified atom stereocenters.